The molecule has 0 unspecified atom stereocenters. The van der Waals surface area contributed by atoms with E-state index in [1.165, 1.54) is 21.3 Å². The molecule has 0 spiro atoms. The standard InChI is InChI=1S/C23H28BrNO7/c1-28-15-6-7-16(18(12-15)32-9-5-8-24)21-17(13-26)23(27)25(21)14-10-19(29-2)22(31-4)20(11-14)30-3/h6-7,10-12,17,21,26H,5,8-9,13H2,1-4H3/t17-,21+/m1/s1. The van der Waals surface area contributed by atoms with Gasteiger partial charge in [0.25, 0.3) is 0 Å². The molecule has 1 N–H and O–H groups in total. The van der Waals surface area contributed by atoms with Gasteiger partial charge in [0.2, 0.25) is 11.7 Å². The normalized spacial score (nSPS) is 17.6. The number of ether oxygens (including phenoxy) is 5. The number of aliphatic hydroxyl groups excluding tert-OH is 1. The van der Waals surface area contributed by atoms with Crippen LogP contribution in [0.15, 0.2) is 30.3 Å². The van der Waals surface area contributed by atoms with E-state index in [1.807, 2.05) is 12.1 Å². The van der Waals surface area contributed by atoms with E-state index in [-0.39, 0.29) is 12.5 Å². The number of hydrogen-bond acceptors (Lipinski definition) is 7. The molecular weight excluding hydrogens is 482 g/mol. The van der Waals surface area contributed by atoms with E-state index in [2.05, 4.69) is 15.9 Å². The first-order chi connectivity index (χ1) is 15.5. The third-order valence-electron chi connectivity index (χ3n) is 5.41. The highest BCUT2D eigenvalue weighted by atomic mass is 79.9. The molecule has 8 nitrogen and oxygen atoms in total. The number of β-lactam (4-membered cyclic amide) rings is 1. The van der Waals surface area contributed by atoms with Crippen LogP contribution in [0.25, 0.3) is 0 Å². The zero-order valence-corrected chi connectivity index (χ0v) is 20.2. The maximum Gasteiger partial charge on any atom is 0.235 e. The molecule has 0 radical (unpaired) electrons. The van der Waals surface area contributed by atoms with Crippen LogP contribution in [0.4, 0.5) is 5.69 Å². The largest absolute Gasteiger partial charge is 0.497 e. The van der Waals surface area contributed by atoms with Crippen LogP contribution < -0.4 is 28.6 Å². The summed E-state index contributed by atoms with van der Waals surface area (Å²) in [7, 11) is 6.15. The van der Waals surface area contributed by atoms with Crippen molar-refractivity contribution >= 4 is 27.5 Å². The number of methoxy groups -OCH3 is 4. The van der Waals surface area contributed by atoms with Gasteiger partial charge < -0.3 is 33.7 Å². The van der Waals surface area contributed by atoms with Gasteiger partial charge in [0, 0.05) is 29.1 Å². The summed E-state index contributed by atoms with van der Waals surface area (Å²) >= 11 is 3.41. The summed E-state index contributed by atoms with van der Waals surface area (Å²) in [4.78, 5) is 14.6. The number of rotatable bonds is 11. The predicted octanol–water partition coefficient (Wildman–Crippen LogP) is 3.58. The third kappa shape index (κ3) is 4.45. The van der Waals surface area contributed by atoms with Crippen LogP contribution in [0, 0.1) is 5.92 Å². The maximum atomic E-state index is 13.0. The molecule has 0 aliphatic carbocycles. The van der Waals surface area contributed by atoms with Crippen LogP contribution in [0.3, 0.4) is 0 Å². The minimum atomic E-state index is -0.596. The number of hydrogen-bond donors (Lipinski definition) is 1. The van der Waals surface area contributed by atoms with Gasteiger partial charge in [-0.3, -0.25) is 4.79 Å². The van der Waals surface area contributed by atoms with Gasteiger partial charge in [-0.25, -0.2) is 0 Å². The van der Waals surface area contributed by atoms with E-state index in [9.17, 15) is 9.90 Å². The van der Waals surface area contributed by atoms with Crippen LogP contribution in [-0.2, 0) is 4.79 Å². The second kappa shape index (κ2) is 10.8. The lowest BCUT2D eigenvalue weighted by Gasteiger charge is -2.47. The van der Waals surface area contributed by atoms with Crippen LogP contribution in [0.1, 0.15) is 18.0 Å². The first-order valence-corrected chi connectivity index (χ1v) is 11.3. The smallest absolute Gasteiger partial charge is 0.235 e. The minimum Gasteiger partial charge on any atom is -0.497 e. The quantitative estimate of drug-likeness (QED) is 0.281. The van der Waals surface area contributed by atoms with Crippen molar-refractivity contribution in [2.24, 2.45) is 5.92 Å². The molecule has 2 aromatic carbocycles. The molecule has 0 aromatic heterocycles. The average molecular weight is 510 g/mol. The number of aliphatic hydroxyl groups is 1. The van der Waals surface area contributed by atoms with Gasteiger partial charge >= 0.3 is 0 Å². The van der Waals surface area contributed by atoms with Crippen molar-refractivity contribution in [1.82, 2.24) is 0 Å². The first kappa shape index (κ1) is 24.0. The van der Waals surface area contributed by atoms with Gasteiger partial charge in [-0.2, -0.15) is 0 Å². The molecule has 174 valence electrons. The summed E-state index contributed by atoms with van der Waals surface area (Å²) in [6.07, 6.45) is 0.820. The molecule has 1 saturated heterocycles. The number of nitrogens with zero attached hydrogens (tertiary/aromatic N) is 1. The second-order valence-electron chi connectivity index (χ2n) is 7.12. The van der Waals surface area contributed by atoms with Crippen LogP contribution in [-0.4, -0.2) is 58.0 Å². The number of amides is 1. The summed E-state index contributed by atoms with van der Waals surface area (Å²) in [5, 5.41) is 10.8. The fourth-order valence-corrected chi connectivity index (χ4v) is 4.05. The Morgan fingerprint density at radius 1 is 0.969 bits per heavy atom. The molecule has 2 aromatic rings. The van der Waals surface area contributed by atoms with Crippen molar-refractivity contribution < 1.29 is 33.6 Å². The maximum absolute atomic E-state index is 13.0. The van der Waals surface area contributed by atoms with Crippen LogP contribution in [0.5, 0.6) is 28.7 Å². The van der Waals surface area contributed by atoms with Crippen molar-refractivity contribution in [3.63, 3.8) is 0 Å². The lowest BCUT2D eigenvalue weighted by molar-refractivity contribution is -0.132. The Morgan fingerprint density at radius 2 is 1.66 bits per heavy atom. The van der Waals surface area contributed by atoms with E-state index in [0.29, 0.717) is 41.0 Å². The van der Waals surface area contributed by atoms with Gasteiger partial charge in [0.1, 0.15) is 11.5 Å². The van der Waals surface area contributed by atoms with Crippen molar-refractivity contribution in [1.29, 1.82) is 0 Å². The van der Waals surface area contributed by atoms with E-state index >= 15 is 0 Å². The fourth-order valence-electron chi connectivity index (χ4n) is 3.82. The topological polar surface area (TPSA) is 86.7 Å². The van der Waals surface area contributed by atoms with Crippen molar-refractivity contribution in [3.05, 3.63) is 35.9 Å². The summed E-state index contributed by atoms with van der Waals surface area (Å²) in [5.41, 5.74) is 1.36. The zero-order valence-electron chi connectivity index (χ0n) is 18.6. The Bertz CT molecular complexity index is 927. The van der Waals surface area contributed by atoms with Gasteiger partial charge in [0.15, 0.2) is 11.5 Å². The molecule has 1 fully saturated rings. The summed E-state index contributed by atoms with van der Waals surface area (Å²) in [5.74, 6) is 1.76. The molecule has 1 aliphatic rings. The molecule has 0 saturated carbocycles. The SMILES string of the molecule is COc1ccc([C@H]2[C@@H](CO)C(=O)N2c2cc(OC)c(OC)c(OC)c2)c(OCCCBr)c1. The van der Waals surface area contributed by atoms with Crippen molar-refractivity contribution in [3.8, 4) is 28.7 Å². The number of alkyl halides is 1. The highest BCUT2D eigenvalue weighted by Crippen LogP contribution is 2.50. The van der Waals surface area contributed by atoms with Crippen molar-refractivity contribution in [2.75, 3.05) is 51.9 Å². The van der Waals surface area contributed by atoms with Crippen LogP contribution >= 0.6 is 15.9 Å². The van der Waals surface area contributed by atoms with Crippen molar-refractivity contribution in [2.45, 2.75) is 12.5 Å². The number of halogens is 1. The minimum absolute atomic E-state index is 0.200. The third-order valence-corrected chi connectivity index (χ3v) is 5.97. The number of anilines is 1. The molecule has 1 heterocycles. The van der Waals surface area contributed by atoms with Gasteiger partial charge in [-0.05, 0) is 18.6 Å². The molecule has 9 heteroatoms. The van der Waals surface area contributed by atoms with Crippen LogP contribution in [0.2, 0.25) is 0 Å². The molecular formula is C23H28BrNO7. The molecule has 2 atom stereocenters. The van der Waals surface area contributed by atoms with E-state index < -0.39 is 12.0 Å². The number of carbonyl (C=O) groups is 1. The molecule has 1 aliphatic heterocycles. The molecule has 3 rings (SSSR count). The Morgan fingerprint density at radius 3 is 2.19 bits per heavy atom. The second-order valence-corrected chi connectivity index (χ2v) is 7.91. The van der Waals surface area contributed by atoms with Gasteiger partial charge in [-0.1, -0.05) is 15.9 Å². The highest BCUT2D eigenvalue weighted by molar-refractivity contribution is 9.09. The van der Waals surface area contributed by atoms with Gasteiger partial charge in [-0.15, -0.1) is 0 Å². The lowest BCUT2D eigenvalue weighted by atomic mass is 9.81. The highest BCUT2D eigenvalue weighted by Gasteiger charge is 2.50. The number of benzene rings is 2. The Labute approximate surface area is 196 Å². The Kier molecular flexibility index (Phi) is 8.09. The zero-order chi connectivity index (χ0) is 23.3. The first-order valence-electron chi connectivity index (χ1n) is 10.1. The molecule has 0 bridgehead atoms. The van der Waals surface area contributed by atoms with E-state index in [4.69, 9.17) is 23.7 Å². The lowest BCUT2D eigenvalue weighted by Crippen LogP contribution is -2.56. The van der Waals surface area contributed by atoms with E-state index in [1.54, 1.807) is 30.2 Å². The fraction of sp³-hybridized carbons (Fsp3) is 0.435. The Hall–Kier alpha value is -2.65. The number of carbonyl (C=O) groups excluding carboxylic acids is 1. The average Bonchev–Trinajstić information content (AvgIpc) is 2.82. The van der Waals surface area contributed by atoms with E-state index in [0.717, 1.165) is 17.3 Å². The predicted molar refractivity (Wildman–Crippen MR) is 124 cm³/mol. The molecule has 1 amide bonds. The summed E-state index contributed by atoms with van der Waals surface area (Å²) < 4.78 is 27.7. The Balaban J connectivity index is 2.07. The van der Waals surface area contributed by atoms with Gasteiger partial charge in [0.05, 0.1) is 59.3 Å². The monoisotopic (exact) mass is 509 g/mol. The molecule has 32 heavy (non-hydrogen) atoms. The summed E-state index contributed by atoms with van der Waals surface area (Å²) in [6.45, 7) is 0.220. The summed E-state index contributed by atoms with van der Waals surface area (Å²) in [6, 6.07) is 8.49.